The normalized spacial score (nSPS) is 19.3. The van der Waals surface area contributed by atoms with Crippen molar-refractivity contribution in [2.45, 2.75) is 32.5 Å². The van der Waals surface area contributed by atoms with Crippen LogP contribution in [0.3, 0.4) is 0 Å². The summed E-state index contributed by atoms with van der Waals surface area (Å²) < 4.78 is 3.75. The Hall–Kier alpha value is -3.63. The van der Waals surface area contributed by atoms with Gasteiger partial charge in [0.25, 0.3) is 5.56 Å². The van der Waals surface area contributed by atoms with Crippen LogP contribution in [0.25, 0.3) is 21.9 Å². The lowest BCUT2D eigenvalue weighted by Gasteiger charge is -2.45. The summed E-state index contributed by atoms with van der Waals surface area (Å²) in [4.78, 5) is 22.1. The molecule has 0 N–H and O–H groups in total. The molecule has 4 heterocycles. The van der Waals surface area contributed by atoms with Crippen LogP contribution in [-0.2, 0) is 20.6 Å². The molecule has 0 bridgehead atoms. The monoisotopic (exact) mass is 440 g/mol. The Morgan fingerprint density at radius 3 is 2.67 bits per heavy atom. The summed E-state index contributed by atoms with van der Waals surface area (Å²) in [5.41, 5.74) is 5.14. The van der Waals surface area contributed by atoms with Crippen LogP contribution in [0.15, 0.2) is 53.5 Å². The quantitative estimate of drug-likeness (QED) is 0.488. The number of aromatic nitrogens is 3. The van der Waals surface area contributed by atoms with E-state index in [0.717, 1.165) is 30.8 Å². The van der Waals surface area contributed by atoms with Crippen molar-refractivity contribution in [3.8, 4) is 6.07 Å². The number of fused-ring (bicyclic) bond motifs is 2. The predicted molar refractivity (Wildman–Crippen MR) is 131 cm³/mol. The van der Waals surface area contributed by atoms with E-state index >= 15 is 0 Å². The highest BCUT2D eigenvalue weighted by molar-refractivity contribution is 5.89. The van der Waals surface area contributed by atoms with E-state index in [1.54, 1.807) is 23.7 Å². The summed E-state index contributed by atoms with van der Waals surface area (Å²) in [6.45, 7) is 6.97. The summed E-state index contributed by atoms with van der Waals surface area (Å²) >= 11 is 0. The van der Waals surface area contributed by atoms with E-state index in [9.17, 15) is 10.1 Å². The number of rotatable bonds is 3. The van der Waals surface area contributed by atoms with Crippen molar-refractivity contribution in [1.29, 1.82) is 5.26 Å². The summed E-state index contributed by atoms with van der Waals surface area (Å²) in [5.74, 6) is 0. The van der Waals surface area contributed by atoms with Crippen molar-refractivity contribution < 1.29 is 0 Å². The maximum absolute atomic E-state index is 12.7. The topological polar surface area (TPSA) is 70.1 Å². The Morgan fingerprint density at radius 1 is 1.06 bits per heavy atom. The molecule has 0 radical (unpaired) electrons. The second-order valence-corrected chi connectivity index (χ2v) is 9.16. The number of hydrogen-bond acceptors (Lipinski definition) is 5. The van der Waals surface area contributed by atoms with Gasteiger partial charge >= 0.3 is 0 Å². The van der Waals surface area contributed by atoms with Crippen LogP contribution in [0.1, 0.15) is 25.1 Å². The third-order valence-electron chi connectivity index (χ3n) is 7.00. The third-order valence-corrected chi connectivity index (χ3v) is 7.00. The number of aryl methyl sites for hydroxylation is 2. The Balaban J connectivity index is 1.48. The van der Waals surface area contributed by atoms with Gasteiger partial charge in [0.2, 0.25) is 0 Å². The molecule has 5 rings (SSSR count). The number of pyridine rings is 2. The minimum absolute atomic E-state index is 0.0676. The summed E-state index contributed by atoms with van der Waals surface area (Å²) in [7, 11) is 3.83. The average Bonchev–Trinajstić information content (AvgIpc) is 3.20. The molecular weight excluding hydrogens is 412 g/mol. The summed E-state index contributed by atoms with van der Waals surface area (Å²) in [6, 6.07) is 16.5. The van der Waals surface area contributed by atoms with Gasteiger partial charge in [0.05, 0.1) is 11.2 Å². The van der Waals surface area contributed by atoms with E-state index in [0.29, 0.717) is 17.3 Å². The molecule has 168 valence electrons. The Bertz CT molecular complexity index is 1460. The molecule has 1 aliphatic rings. The number of hydrogen-bond donors (Lipinski definition) is 0. The van der Waals surface area contributed by atoms with Gasteiger partial charge in [0.1, 0.15) is 17.3 Å². The number of piperazine rings is 1. The molecule has 0 aliphatic carbocycles. The maximum Gasteiger partial charge on any atom is 0.252 e. The Morgan fingerprint density at radius 2 is 1.88 bits per heavy atom. The average molecular weight is 441 g/mol. The maximum atomic E-state index is 12.7. The van der Waals surface area contributed by atoms with Crippen LogP contribution < -0.4 is 10.5 Å². The van der Waals surface area contributed by atoms with Crippen LogP contribution in [0.5, 0.6) is 0 Å². The lowest BCUT2D eigenvalue weighted by molar-refractivity contribution is 0.158. The molecule has 1 saturated heterocycles. The van der Waals surface area contributed by atoms with Crippen LogP contribution in [-0.4, -0.2) is 44.2 Å². The SMILES string of the molecule is CC1CN(c2cc(=O)n(C)c3ccc(C#N)nc23)[C@@H](C)CN1Cc1cccc2c1ccn2C. The molecule has 1 unspecified atom stereocenters. The van der Waals surface area contributed by atoms with Crippen molar-refractivity contribution in [3.63, 3.8) is 0 Å². The van der Waals surface area contributed by atoms with E-state index in [1.165, 1.54) is 16.5 Å². The molecule has 1 aromatic carbocycles. The highest BCUT2D eigenvalue weighted by Gasteiger charge is 2.31. The van der Waals surface area contributed by atoms with E-state index in [4.69, 9.17) is 0 Å². The van der Waals surface area contributed by atoms with Gasteiger partial charge in [-0.3, -0.25) is 9.69 Å². The number of nitriles is 1. The standard InChI is InChI=1S/C26H28N6O/c1-17-15-32(24-12-25(33)30(4)23-9-8-20(13-27)28-26(23)24)18(2)14-31(17)16-19-6-5-7-22-21(19)10-11-29(22)3/h5-12,17-18H,14-16H2,1-4H3/t17?,18-/m0/s1. The van der Waals surface area contributed by atoms with Gasteiger partial charge in [-0.25, -0.2) is 4.98 Å². The number of nitrogens with zero attached hydrogens (tertiary/aromatic N) is 6. The van der Waals surface area contributed by atoms with Crippen LogP contribution in [0.2, 0.25) is 0 Å². The molecule has 0 spiro atoms. The van der Waals surface area contributed by atoms with Crippen molar-refractivity contribution in [1.82, 2.24) is 19.0 Å². The van der Waals surface area contributed by atoms with Crippen molar-refractivity contribution >= 4 is 27.6 Å². The van der Waals surface area contributed by atoms with Gasteiger partial charge in [0.15, 0.2) is 0 Å². The zero-order valence-corrected chi connectivity index (χ0v) is 19.5. The molecule has 7 nitrogen and oxygen atoms in total. The van der Waals surface area contributed by atoms with Crippen molar-refractivity contribution in [3.05, 3.63) is 70.3 Å². The Labute approximate surface area is 193 Å². The zero-order chi connectivity index (χ0) is 23.3. The minimum atomic E-state index is -0.0676. The fourth-order valence-corrected chi connectivity index (χ4v) is 5.07. The fourth-order valence-electron chi connectivity index (χ4n) is 5.07. The van der Waals surface area contributed by atoms with Gasteiger partial charge in [-0.2, -0.15) is 5.26 Å². The first kappa shape index (κ1) is 21.2. The molecule has 1 aliphatic heterocycles. The molecule has 0 amide bonds. The van der Waals surface area contributed by atoms with E-state index in [1.807, 2.05) is 6.07 Å². The van der Waals surface area contributed by atoms with Gasteiger partial charge < -0.3 is 14.0 Å². The molecule has 2 atom stereocenters. The van der Waals surface area contributed by atoms with Gasteiger partial charge in [-0.15, -0.1) is 0 Å². The number of benzene rings is 1. The smallest absolute Gasteiger partial charge is 0.252 e. The second kappa shape index (κ2) is 8.05. The van der Waals surface area contributed by atoms with Gasteiger partial charge in [-0.05, 0) is 43.7 Å². The van der Waals surface area contributed by atoms with Crippen LogP contribution in [0.4, 0.5) is 5.69 Å². The largest absolute Gasteiger partial charge is 0.364 e. The Kier molecular flexibility index (Phi) is 5.18. The van der Waals surface area contributed by atoms with Crippen molar-refractivity contribution in [2.75, 3.05) is 18.0 Å². The van der Waals surface area contributed by atoms with E-state index in [2.05, 4.69) is 76.8 Å². The second-order valence-electron chi connectivity index (χ2n) is 9.16. The van der Waals surface area contributed by atoms with Crippen molar-refractivity contribution in [2.24, 2.45) is 14.1 Å². The lowest BCUT2D eigenvalue weighted by Crippen LogP contribution is -2.56. The first-order chi connectivity index (χ1) is 15.9. The zero-order valence-electron chi connectivity index (χ0n) is 19.5. The van der Waals surface area contributed by atoms with Gasteiger partial charge in [0, 0.05) is 69.0 Å². The first-order valence-electron chi connectivity index (χ1n) is 11.3. The molecule has 1 fully saturated rings. The fraction of sp³-hybridized carbons (Fsp3) is 0.346. The van der Waals surface area contributed by atoms with Gasteiger partial charge in [-0.1, -0.05) is 12.1 Å². The summed E-state index contributed by atoms with van der Waals surface area (Å²) in [6.07, 6.45) is 2.11. The molecule has 7 heteroatoms. The van der Waals surface area contributed by atoms with Crippen LogP contribution in [0, 0.1) is 11.3 Å². The molecule has 0 saturated carbocycles. The lowest BCUT2D eigenvalue weighted by atomic mass is 10.0. The third kappa shape index (κ3) is 3.57. The predicted octanol–water partition coefficient (Wildman–Crippen LogP) is 3.40. The molecule has 33 heavy (non-hydrogen) atoms. The van der Waals surface area contributed by atoms with E-state index in [-0.39, 0.29) is 11.6 Å². The first-order valence-corrected chi connectivity index (χ1v) is 11.3. The number of anilines is 1. The molecule has 4 aromatic rings. The minimum Gasteiger partial charge on any atom is -0.364 e. The summed E-state index contributed by atoms with van der Waals surface area (Å²) in [5, 5.41) is 10.7. The molecule has 3 aromatic heterocycles. The highest BCUT2D eigenvalue weighted by Crippen LogP contribution is 2.30. The highest BCUT2D eigenvalue weighted by atomic mass is 16.1. The van der Waals surface area contributed by atoms with Crippen LogP contribution >= 0.6 is 0 Å². The van der Waals surface area contributed by atoms with E-state index < -0.39 is 0 Å². The molecular formula is C26H28N6O.